The summed E-state index contributed by atoms with van der Waals surface area (Å²) in [6, 6.07) is 23.4. The Balaban J connectivity index is 0.000000194. The van der Waals surface area contributed by atoms with Crippen molar-refractivity contribution in [1.29, 1.82) is 0 Å². The summed E-state index contributed by atoms with van der Waals surface area (Å²) in [5.74, 6) is -0.0809. The van der Waals surface area contributed by atoms with E-state index in [2.05, 4.69) is 75.5 Å². The zero-order chi connectivity index (χ0) is 51.3. The van der Waals surface area contributed by atoms with E-state index in [-0.39, 0.29) is 42.1 Å². The predicted octanol–water partition coefficient (Wildman–Crippen LogP) is 9.76. The van der Waals surface area contributed by atoms with Crippen molar-refractivity contribution >= 4 is 92.6 Å². The van der Waals surface area contributed by atoms with Gasteiger partial charge in [0.05, 0.1) is 66.1 Å². The standard InChI is InChI=1S/C25H26ClN7O.C19H22ClN5.C6H6N2O2.CH3F.ClH/c1-33-14-19(18-7-2-3-8-22(18)33)23-20(26)13-29-25(32-23)31-17-6-4-5-16(11-17)30-24(34)21-10-9-15(27)12-28-21;1-25-11-15(14-7-2-3-8-17(14)25)18-16(20)10-22-19(24-18)23-13-6-4-5-12(21)9-13;7-4-1-2-5(6(9)10)8-3-4;1-2;/h2-3,7-10,12-14,16-17H,4-6,11,27H2,1H3,(H,30,34)(H,29,31,32);2-3,7-8,10-13H,4-6,9,21H2,1H3,(H,22,23,24);1-3H,7H2,(H,9,10);1H3;1H/t16-,17+;12-,13+;;;/m00.../s1/i;;;1D;. The van der Waals surface area contributed by atoms with Crippen molar-refractivity contribution in [1.82, 2.24) is 44.4 Å². The van der Waals surface area contributed by atoms with E-state index in [1.165, 1.54) is 24.5 Å². The molecule has 6 aromatic heterocycles. The Hall–Kier alpha value is -7.12. The fourth-order valence-electron chi connectivity index (χ4n) is 8.82. The summed E-state index contributed by atoms with van der Waals surface area (Å²) in [5, 5.41) is 21.6. The number of carboxylic acid groups (broad SMARTS) is 1. The van der Waals surface area contributed by atoms with E-state index in [0.29, 0.717) is 50.7 Å². The molecule has 21 heteroatoms. The Morgan fingerprint density at radius 2 is 1.14 bits per heavy atom. The molecule has 0 aliphatic heterocycles. The maximum atomic E-state index is 12.6. The molecule has 2 fully saturated rings. The molecule has 2 aliphatic carbocycles. The highest BCUT2D eigenvalue weighted by atomic mass is 35.5. The van der Waals surface area contributed by atoms with E-state index in [1.807, 2.05) is 44.6 Å². The molecule has 0 saturated heterocycles. The quantitative estimate of drug-likeness (QED) is 0.0710. The number of aromatic nitrogens is 8. The summed E-state index contributed by atoms with van der Waals surface area (Å²) in [7, 11) is 3.04. The van der Waals surface area contributed by atoms with Crippen LogP contribution in [0.2, 0.25) is 10.0 Å². The number of pyridine rings is 2. The number of benzene rings is 2. The van der Waals surface area contributed by atoms with Crippen molar-refractivity contribution in [3.05, 3.63) is 131 Å². The first kappa shape index (κ1) is 52.7. The van der Waals surface area contributed by atoms with Crippen LogP contribution in [0.25, 0.3) is 44.3 Å². The van der Waals surface area contributed by atoms with Gasteiger partial charge in [-0.1, -0.05) is 59.6 Å². The molecule has 0 spiro atoms. The van der Waals surface area contributed by atoms with Crippen LogP contribution in [0.4, 0.5) is 27.7 Å². The van der Waals surface area contributed by atoms with Crippen molar-refractivity contribution in [2.45, 2.75) is 75.5 Å². The maximum absolute atomic E-state index is 12.6. The van der Waals surface area contributed by atoms with Gasteiger partial charge in [0, 0.05) is 83.6 Å². The molecule has 0 unspecified atom stereocenters. The number of halogens is 4. The van der Waals surface area contributed by atoms with Gasteiger partial charge in [0.15, 0.2) is 0 Å². The third-order valence-electron chi connectivity index (χ3n) is 12.2. The number of nitrogens with zero attached hydrogens (tertiary/aromatic N) is 8. The zero-order valence-corrected chi connectivity index (χ0v) is 42.0. The van der Waals surface area contributed by atoms with E-state index in [4.69, 9.17) is 56.8 Å². The SMILES string of the molecule is Cl.Cn1cc(-c2nc(N[C@@H]3CCC[C@H](N)C3)ncc2Cl)c2ccccc21.Cn1cc(-c2nc(N[C@@H]3CCC[C@H](NC(=O)c4ccc(N)cn4)C3)ncc2Cl)c2ccccc21.Nc1ccc(C(=O)O)nc1.[2H]CF. The molecule has 2 saturated carbocycles. The van der Waals surface area contributed by atoms with Crippen LogP contribution in [0, 0.1) is 0 Å². The van der Waals surface area contributed by atoms with Gasteiger partial charge in [-0.05, 0) is 87.8 Å². The lowest BCUT2D eigenvalue weighted by Crippen LogP contribution is -2.42. The number of rotatable bonds is 9. The molecule has 10 N–H and O–H groups in total. The highest BCUT2D eigenvalue weighted by Crippen LogP contribution is 2.35. The number of anilines is 4. The normalized spacial score (nSPS) is 17.3. The van der Waals surface area contributed by atoms with E-state index in [0.717, 1.165) is 90.0 Å². The van der Waals surface area contributed by atoms with Crippen molar-refractivity contribution in [2.24, 2.45) is 19.8 Å². The Bertz CT molecular complexity index is 3110. The molecule has 17 nitrogen and oxygen atoms in total. The number of nitrogens with one attached hydrogen (secondary N) is 3. The van der Waals surface area contributed by atoms with E-state index in [9.17, 15) is 14.0 Å². The van der Waals surface area contributed by atoms with E-state index in [1.54, 1.807) is 24.5 Å². The van der Waals surface area contributed by atoms with Gasteiger partial charge in [0.25, 0.3) is 5.91 Å². The average Bonchev–Trinajstić information content (AvgIpc) is 3.89. The third-order valence-corrected chi connectivity index (χ3v) is 12.8. The summed E-state index contributed by atoms with van der Waals surface area (Å²) in [4.78, 5) is 48.7. The molecule has 72 heavy (non-hydrogen) atoms. The Morgan fingerprint density at radius 3 is 1.61 bits per heavy atom. The number of nitrogens with two attached hydrogens (primary N) is 3. The number of hydrogen-bond donors (Lipinski definition) is 7. The number of amides is 1. The van der Waals surface area contributed by atoms with Gasteiger partial charge >= 0.3 is 5.97 Å². The van der Waals surface area contributed by atoms with Crippen LogP contribution < -0.4 is 33.2 Å². The number of nitrogen functional groups attached to an aromatic ring is 2. The van der Waals surface area contributed by atoms with Crippen LogP contribution >= 0.6 is 35.6 Å². The highest BCUT2D eigenvalue weighted by molar-refractivity contribution is 6.33. The number of carbonyl (C=O) groups excluding carboxylic acids is 1. The topological polar surface area (TPSA) is 256 Å². The first-order valence-corrected chi connectivity index (χ1v) is 23.7. The van der Waals surface area contributed by atoms with E-state index >= 15 is 0 Å². The lowest BCUT2D eigenvalue weighted by molar-refractivity contribution is 0.0690. The molecule has 2 aliphatic rings. The highest BCUT2D eigenvalue weighted by Gasteiger charge is 2.26. The van der Waals surface area contributed by atoms with Crippen LogP contribution in [-0.2, 0) is 14.1 Å². The zero-order valence-electron chi connectivity index (χ0n) is 40.7. The number of aryl methyl sites for hydroxylation is 2. The molecule has 4 atom stereocenters. The fraction of sp³-hybridized carbons (Fsp3) is 0.294. The summed E-state index contributed by atoms with van der Waals surface area (Å²) in [6.07, 6.45) is 18.2. The minimum Gasteiger partial charge on any atom is -0.477 e. The van der Waals surface area contributed by atoms with Gasteiger partial charge in [-0.15, -0.1) is 12.4 Å². The number of carboxylic acids is 1. The number of aromatic carboxylic acids is 1. The minimum atomic E-state index is -1.04. The first-order valence-electron chi connectivity index (χ1n) is 23.7. The molecule has 2 aromatic carbocycles. The number of para-hydroxylation sites is 2. The Kier molecular flexibility index (Phi) is 18.5. The number of alkyl halides is 1. The van der Waals surface area contributed by atoms with Crippen LogP contribution in [0.3, 0.4) is 0 Å². The number of hydrogen-bond acceptors (Lipinski definition) is 13. The smallest absolute Gasteiger partial charge is 0.354 e. The predicted molar refractivity (Wildman–Crippen MR) is 287 cm³/mol. The monoisotopic (exact) mass is 1040 g/mol. The molecule has 6 heterocycles. The summed E-state index contributed by atoms with van der Waals surface area (Å²) < 4.78 is 19.7. The molecule has 378 valence electrons. The van der Waals surface area contributed by atoms with Crippen LogP contribution in [0.5, 0.6) is 0 Å². The molecule has 1 amide bonds. The van der Waals surface area contributed by atoms with Gasteiger partial charge in [-0.3, -0.25) is 9.18 Å². The number of fused-ring (bicyclic) bond motifs is 2. The maximum Gasteiger partial charge on any atom is 0.354 e. The van der Waals surface area contributed by atoms with Crippen LogP contribution in [0.15, 0.2) is 110 Å². The van der Waals surface area contributed by atoms with Crippen molar-refractivity contribution in [2.75, 3.05) is 29.3 Å². The molecular formula is C51H58Cl3FN14O3. The van der Waals surface area contributed by atoms with Gasteiger partial charge in [-0.2, -0.15) is 0 Å². The minimum absolute atomic E-state index is 0. The summed E-state index contributed by atoms with van der Waals surface area (Å²) >= 11 is 12.9. The Labute approximate surface area is 434 Å². The van der Waals surface area contributed by atoms with Gasteiger partial charge in [-0.25, -0.2) is 34.7 Å². The second kappa shape index (κ2) is 25.3. The Morgan fingerprint density at radius 1 is 0.681 bits per heavy atom. The molecule has 8 aromatic rings. The largest absolute Gasteiger partial charge is 0.477 e. The first-order chi connectivity index (χ1) is 34.7. The van der Waals surface area contributed by atoms with Crippen LogP contribution in [-0.4, -0.2) is 87.3 Å². The van der Waals surface area contributed by atoms with Gasteiger partial charge in [0.1, 0.15) is 11.4 Å². The summed E-state index contributed by atoms with van der Waals surface area (Å²) in [6.45, 7) is 0. The van der Waals surface area contributed by atoms with E-state index < -0.39 is 13.1 Å². The van der Waals surface area contributed by atoms with Crippen molar-refractivity contribution < 1.29 is 20.5 Å². The average molecular weight is 1040 g/mol. The lowest BCUT2D eigenvalue weighted by atomic mass is 9.91. The molecular weight excluding hydrogens is 982 g/mol. The fourth-order valence-corrected chi connectivity index (χ4v) is 9.20. The van der Waals surface area contributed by atoms with Crippen molar-refractivity contribution in [3.63, 3.8) is 0 Å². The van der Waals surface area contributed by atoms with Gasteiger partial charge < -0.3 is 47.4 Å². The molecule has 0 radical (unpaired) electrons. The third kappa shape index (κ3) is 13.6. The molecule has 10 rings (SSSR count). The van der Waals surface area contributed by atoms with Crippen LogP contribution in [0.1, 0.15) is 73.7 Å². The molecule has 0 bridgehead atoms. The lowest BCUT2D eigenvalue weighted by Gasteiger charge is -2.30. The number of carbonyl (C=O) groups is 2. The second-order valence-electron chi connectivity index (χ2n) is 17.3. The second-order valence-corrected chi connectivity index (χ2v) is 18.1. The van der Waals surface area contributed by atoms with Gasteiger partial charge in [0.2, 0.25) is 11.9 Å². The summed E-state index contributed by atoms with van der Waals surface area (Å²) in [5.41, 5.74) is 24.1. The van der Waals surface area contributed by atoms with Crippen molar-refractivity contribution in [3.8, 4) is 22.5 Å².